The molecule has 1 aliphatic rings. The summed E-state index contributed by atoms with van der Waals surface area (Å²) < 4.78 is 8.34. The number of aromatic nitrogens is 3. The molecule has 7 heteroatoms. The third kappa shape index (κ3) is 2.26. The molecular weight excluding hydrogens is 322 g/mol. The van der Waals surface area contributed by atoms with Crippen LogP contribution < -0.4 is 11.3 Å². The Kier molecular flexibility index (Phi) is 3.84. The molecule has 1 aromatic carbocycles. The minimum Gasteiger partial charge on any atom is -0.371 e. The van der Waals surface area contributed by atoms with E-state index in [2.05, 4.69) is 43.8 Å². The summed E-state index contributed by atoms with van der Waals surface area (Å²) in [6.45, 7) is 0.683. The number of hydrogen-bond acceptors (Lipinski definition) is 5. The molecule has 0 saturated heterocycles. The Balaban J connectivity index is 2.03. The van der Waals surface area contributed by atoms with Gasteiger partial charge in [-0.1, -0.05) is 29.5 Å². The smallest absolute Gasteiger partial charge is 0.153 e. The van der Waals surface area contributed by atoms with E-state index in [-0.39, 0.29) is 12.1 Å². The van der Waals surface area contributed by atoms with E-state index in [0.29, 0.717) is 11.2 Å². The second-order valence-corrected chi connectivity index (χ2v) is 5.52. The van der Waals surface area contributed by atoms with Crippen LogP contribution >= 0.6 is 15.9 Å². The molecular formula is C13H16BrN5O. The van der Waals surface area contributed by atoms with Crippen molar-refractivity contribution in [3.63, 3.8) is 0 Å². The molecule has 0 radical (unpaired) electrons. The minimum absolute atomic E-state index is 0.154. The fourth-order valence-corrected chi connectivity index (χ4v) is 3.25. The van der Waals surface area contributed by atoms with Gasteiger partial charge < -0.3 is 4.74 Å². The monoisotopic (exact) mass is 337 g/mol. The zero-order valence-electron chi connectivity index (χ0n) is 11.1. The molecule has 3 rings (SSSR count). The van der Waals surface area contributed by atoms with Gasteiger partial charge in [-0.2, -0.15) is 0 Å². The fraction of sp³-hybridized carbons (Fsp3) is 0.385. The predicted molar refractivity (Wildman–Crippen MR) is 77.6 cm³/mol. The van der Waals surface area contributed by atoms with E-state index in [4.69, 9.17) is 10.6 Å². The number of nitrogens with one attached hydrogen (secondary N) is 1. The molecule has 2 aromatic rings. The summed E-state index contributed by atoms with van der Waals surface area (Å²) in [5.41, 5.74) is 6.17. The summed E-state index contributed by atoms with van der Waals surface area (Å²) in [5, 5.41) is 8.02. The second kappa shape index (κ2) is 5.61. The molecule has 2 atom stereocenters. The minimum atomic E-state index is -0.217. The van der Waals surface area contributed by atoms with Crippen LogP contribution in [0.5, 0.6) is 0 Å². The Bertz CT molecular complexity index is 595. The number of halogens is 1. The Morgan fingerprint density at radius 3 is 3.00 bits per heavy atom. The molecule has 1 aromatic heterocycles. The SMILES string of the molecule is Cn1nnc(Br)c1C(NN)C1OCCc2ccccc21. The van der Waals surface area contributed by atoms with Gasteiger partial charge in [-0.3, -0.25) is 5.84 Å². The predicted octanol–water partition coefficient (Wildman–Crippen LogP) is 1.40. The molecule has 1 aliphatic heterocycles. The average molecular weight is 338 g/mol. The maximum atomic E-state index is 5.96. The van der Waals surface area contributed by atoms with Gasteiger partial charge in [0.2, 0.25) is 0 Å². The number of benzene rings is 1. The quantitative estimate of drug-likeness (QED) is 0.653. The van der Waals surface area contributed by atoms with Crippen molar-refractivity contribution in [1.82, 2.24) is 20.4 Å². The molecule has 0 aliphatic carbocycles. The lowest BCUT2D eigenvalue weighted by Gasteiger charge is -2.32. The van der Waals surface area contributed by atoms with Crippen LogP contribution in [0.15, 0.2) is 28.9 Å². The number of rotatable bonds is 3. The Morgan fingerprint density at radius 1 is 1.50 bits per heavy atom. The molecule has 0 saturated carbocycles. The van der Waals surface area contributed by atoms with E-state index < -0.39 is 0 Å². The zero-order valence-corrected chi connectivity index (χ0v) is 12.7. The summed E-state index contributed by atoms with van der Waals surface area (Å²) >= 11 is 3.42. The highest BCUT2D eigenvalue weighted by atomic mass is 79.9. The molecule has 2 heterocycles. The van der Waals surface area contributed by atoms with Gasteiger partial charge >= 0.3 is 0 Å². The van der Waals surface area contributed by atoms with Crippen LogP contribution in [0.4, 0.5) is 0 Å². The van der Waals surface area contributed by atoms with E-state index in [9.17, 15) is 0 Å². The zero-order chi connectivity index (χ0) is 14.1. The number of hydrazine groups is 1. The van der Waals surface area contributed by atoms with Crippen molar-refractivity contribution < 1.29 is 4.74 Å². The van der Waals surface area contributed by atoms with Crippen molar-refractivity contribution in [1.29, 1.82) is 0 Å². The van der Waals surface area contributed by atoms with E-state index in [0.717, 1.165) is 17.7 Å². The van der Waals surface area contributed by atoms with Crippen molar-refractivity contribution in [2.45, 2.75) is 18.6 Å². The normalized spacial score (nSPS) is 19.6. The van der Waals surface area contributed by atoms with Crippen LogP contribution in [0, 0.1) is 0 Å². The highest BCUT2D eigenvalue weighted by molar-refractivity contribution is 9.10. The van der Waals surface area contributed by atoms with Gasteiger partial charge in [0.05, 0.1) is 18.3 Å². The highest BCUT2D eigenvalue weighted by Crippen LogP contribution is 2.37. The first kappa shape index (κ1) is 13.7. The molecule has 106 valence electrons. The number of ether oxygens (including phenoxy) is 1. The molecule has 6 nitrogen and oxygen atoms in total. The van der Waals surface area contributed by atoms with Crippen LogP contribution in [-0.4, -0.2) is 21.6 Å². The summed E-state index contributed by atoms with van der Waals surface area (Å²) in [7, 11) is 1.84. The van der Waals surface area contributed by atoms with Gasteiger partial charge in [0.25, 0.3) is 0 Å². The number of nitrogens with zero attached hydrogens (tertiary/aromatic N) is 3. The number of hydrogen-bond donors (Lipinski definition) is 2. The van der Waals surface area contributed by atoms with Gasteiger partial charge in [-0.25, -0.2) is 10.1 Å². The Hall–Kier alpha value is -1.28. The van der Waals surface area contributed by atoms with E-state index in [1.165, 1.54) is 5.56 Å². The summed E-state index contributed by atoms with van der Waals surface area (Å²) in [4.78, 5) is 0. The van der Waals surface area contributed by atoms with Gasteiger partial charge in [-0.15, -0.1) is 5.10 Å². The largest absolute Gasteiger partial charge is 0.371 e. The number of fused-ring (bicyclic) bond motifs is 1. The molecule has 0 fully saturated rings. The van der Waals surface area contributed by atoms with Crippen LogP contribution in [0.1, 0.15) is 29.0 Å². The summed E-state index contributed by atoms with van der Waals surface area (Å²) in [5.74, 6) is 5.77. The Labute approximate surface area is 125 Å². The fourth-order valence-electron chi connectivity index (χ4n) is 2.68. The maximum absolute atomic E-state index is 5.96. The number of aryl methyl sites for hydroxylation is 1. The van der Waals surface area contributed by atoms with E-state index in [1.54, 1.807) is 4.68 Å². The first-order valence-corrected chi connectivity index (χ1v) is 7.22. The lowest BCUT2D eigenvalue weighted by Crippen LogP contribution is -2.37. The topological polar surface area (TPSA) is 78.0 Å². The highest BCUT2D eigenvalue weighted by Gasteiger charge is 2.33. The third-order valence-corrected chi connectivity index (χ3v) is 4.20. The summed E-state index contributed by atoms with van der Waals surface area (Å²) in [6.07, 6.45) is 0.771. The molecule has 2 unspecified atom stereocenters. The van der Waals surface area contributed by atoms with Gasteiger partial charge in [0.1, 0.15) is 6.10 Å². The van der Waals surface area contributed by atoms with Crippen molar-refractivity contribution >= 4 is 15.9 Å². The lowest BCUT2D eigenvalue weighted by molar-refractivity contribution is 0.0126. The van der Waals surface area contributed by atoms with E-state index >= 15 is 0 Å². The van der Waals surface area contributed by atoms with Gasteiger partial charge in [-0.05, 0) is 33.5 Å². The lowest BCUT2D eigenvalue weighted by atomic mass is 9.92. The standard InChI is InChI=1S/C13H16BrN5O/c1-19-11(13(14)17-18-19)10(16-15)12-9-5-3-2-4-8(9)6-7-20-12/h2-5,10,12,16H,6-7,15H2,1H3. The van der Waals surface area contributed by atoms with Gasteiger partial charge in [0, 0.05) is 7.05 Å². The molecule has 0 spiro atoms. The van der Waals surface area contributed by atoms with Crippen LogP contribution in [0.2, 0.25) is 0 Å². The molecule has 20 heavy (non-hydrogen) atoms. The molecule has 0 bridgehead atoms. The number of nitrogens with two attached hydrogens (primary N) is 1. The third-order valence-electron chi connectivity index (χ3n) is 3.63. The van der Waals surface area contributed by atoms with Crippen molar-refractivity contribution in [3.8, 4) is 0 Å². The molecule has 0 amide bonds. The molecule has 3 N–H and O–H groups in total. The second-order valence-electron chi connectivity index (χ2n) is 4.77. The van der Waals surface area contributed by atoms with Crippen molar-refractivity contribution in [3.05, 3.63) is 45.7 Å². The van der Waals surface area contributed by atoms with Crippen molar-refractivity contribution in [2.75, 3.05) is 6.61 Å². The first-order chi connectivity index (χ1) is 9.72. The Morgan fingerprint density at radius 2 is 2.30 bits per heavy atom. The van der Waals surface area contributed by atoms with Crippen molar-refractivity contribution in [2.24, 2.45) is 12.9 Å². The van der Waals surface area contributed by atoms with Gasteiger partial charge in [0.15, 0.2) is 4.60 Å². The average Bonchev–Trinajstić information content (AvgIpc) is 2.81. The maximum Gasteiger partial charge on any atom is 0.153 e. The summed E-state index contributed by atoms with van der Waals surface area (Å²) in [6, 6.07) is 8.07. The van der Waals surface area contributed by atoms with Crippen LogP contribution in [-0.2, 0) is 18.2 Å². The first-order valence-electron chi connectivity index (χ1n) is 6.43. The van der Waals surface area contributed by atoms with E-state index in [1.807, 2.05) is 19.2 Å². The van der Waals surface area contributed by atoms with Crippen LogP contribution in [0.3, 0.4) is 0 Å². The van der Waals surface area contributed by atoms with Crippen LogP contribution in [0.25, 0.3) is 0 Å².